The largest absolute Gasteiger partial charge is 0.396 e. The Hall–Kier alpha value is -0.920. The SMILES string of the molecule is CSc1c(NCCCN(C)C(C)C)sc(C(N)=O)c1N. The van der Waals surface area contributed by atoms with Crippen LogP contribution in [0.3, 0.4) is 0 Å². The van der Waals surface area contributed by atoms with Crippen molar-refractivity contribution < 1.29 is 4.79 Å². The van der Waals surface area contributed by atoms with E-state index in [1.165, 1.54) is 23.1 Å². The van der Waals surface area contributed by atoms with Crippen LogP contribution in [0.4, 0.5) is 10.7 Å². The van der Waals surface area contributed by atoms with Gasteiger partial charge in [-0.05, 0) is 40.1 Å². The Morgan fingerprint density at radius 3 is 2.65 bits per heavy atom. The monoisotopic (exact) mass is 316 g/mol. The second-order valence-corrected chi connectivity index (χ2v) is 6.76. The van der Waals surface area contributed by atoms with E-state index < -0.39 is 5.91 Å². The maximum Gasteiger partial charge on any atom is 0.261 e. The van der Waals surface area contributed by atoms with E-state index in [4.69, 9.17) is 11.5 Å². The van der Waals surface area contributed by atoms with Crippen molar-refractivity contribution in [2.75, 3.05) is 37.4 Å². The van der Waals surface area contributed by atoms with Crippen molar-refractivity contribution in [3.63, 3.8) is 0 Å². The number of thiophene rings is 1. The summed E-state index contributed by atoms with van der Waals surface area (Å²) < 4.78 is 0. The van der Waals surface area contributed by atoms with Gasteiger partial charge in [-0.1, -0.05) is 0 Å². The van der Waals surface area contributed by atoms with Crippen molar-refractivity contribution in [1.82, 2.24) is 4.90 Å². The first-order valence-electron chi connectivity index (χ1n) is 6.58. The topological polar surface area (TPSA) is 84.4 Å². The van der Waals surface area contributed by atoms with Crippen molar-refractivity contribution in [3.8, 4) is 0 Å². The lowest BCUT2D eigenvalue weighted by Gasteiger charge is -2.20. The number of thioether (sulfide) groups is 1. The molecule has 1 heterocycles. The number of hydrogen-bond donors (Lipinski definition) is 3. The van der Waals surface area contributed by atoms with Crippen LogP contribution < -0.4 is 16.8 Å². The van der Waals surface area contributed by atoms with Crippen molar-refractivity contribution in [1.29, 1.82) is 0 Å². The van der Waals surface area contributed by atoms with Gasteiger partial charge in [0.1, 0.15) is 9.88 Å². The van der Waals surface area contributed by atoms with Gasteiger partial charge in [0.25, 0.3) is 5.91 Å². The van der Waals surface area contributed by atoms with E-state index >= 15 is 0 Å². The molecule has 0 aliphatic carbocycles. The van der Waals surface area contributed by atoms with Crippen molar-refractivity contribution in [2.45, 2.75) is 31.2 Å². The first kappa shape index (κ1) is 17.1. The molecule has 0 bridgehead atoms. The molecule has 0 spiro atoms. The first-order chi connectivity index (χ1) is 9.38. The Morgan fingerprint density at radius 1 is 1.50 bits per heavy atom. The molecule has 1 rings (SSSR count). The smallest absolute Gasteiger partial charge is 0.261 e. The quantitative estimate of drug-likeness (QED) is 0.506. The van der Waals surface area contributed by atoms with Crippen LogP contribution in [-0.2, 0) is 0 Å². The van der Waals surface area contributed by atoms with Gasteiger partial charge >= 0.3 is 0 Å². The van der Waals surface area contributed by atoms with Crippen LogP contribution in [0.15, 0.2) is 4.90 Å². The van der Waals surface area contributed by atoms with Crippen LogP contribution in [0.25, 0.3) is 0 Å². The van der Waals surface area contributed by atoms with Gasteiger partial charge in [0, 0.05) is 12.6 Å². The number of anilines is 2. The molecular weight excluding hydrogens is 292 g/mol. The van der Waals surface area contributed by atoms with E-state index in [0.29, 0.717) is 16.6 Å². The maximum atomic E-state index is 11.3. The van der Waals surface area contributed by atoms with Gasteiger partial charge in [-0.15, -0.1) is 23.1 Å². The van der Waals surface area contributed by atoms with E-state index in [0.717, 1.165) is 29.4 Å². The van der Waals surface area contributed by atoms with Crippen LogP contribution in [-0.4, -0.2) is 43.2 Å². The summed E-state index contributed by atoms with van der Waals surface area (Å²) in [5, 5.41) is 4.30. The summed E-state index contributed by atoms with van der Waals surface area (Å²) in [6, 6.07) is 0.551. The van der Waals surface area contributed by atoms with E-state index in [1.54, 1.807) is 0 Å². The number of primary amides is 1. The Bertz CT molecular complexity index is 459. The molecule has 0 saturated carbocycles. The zero-order chi connectivity index (χ0) is 15.3. The fourth-order valence-corrected chi connectivity index (χ4v) is 3.63. The molecule has 114 valence electrons. The van der Waals surface area contributed by atoms with E-state index in [1.807, 2.05) is 6.26 Å². The first-order valence-corrected chi connectivity index (χ1v) is 8.62. The third-order valence-corrected chi connectivity index (χ3v) is 5.32. The minimum Gasteiger partial charge on any atom is -0.396 e. The maximum absolute atomic E-state index is 11.3. The number of nitrogen functional groups attached to an aromatic ring is 1. The Morgan fingerprint density at radius 2 is 2.15 bits per heavy atom. The van der Waals surface area contributed by atoms with Crippen molar-refractivity contribution in [2.24, 2.45) is 5.73 Å². The number of nitrogens with zero attached hydrogens (tertiary/aromatic N) is 1. The average Bonchev–Trinajstić information content (AvgIpc) is 2.70. The lowest BCUT2D eigenvalue weighted by Crippen LogP contribution is -2.28. The lowest BCUT2D eigenvalue weighted by molar-refractivity contribution is 0.100. The molecule has 0 aliphatic rings. The molecule has 1 amide bonds. The summed E-state index contributed by atoms with van der Waals surface area (Å²) in [4.78, 5) is 15.0. The van der Waals surface area contributed by atoms with E-state index in [-0.39, 0.29) is 0 Å². The number of carbonyl (C=O) groups excluding carboxylic acids is 1. The summed E-state index contributed by atoms with van der Waals surface area (Å²) in [7, 11) is 2.12. The highest BCUT2D eigenvalue weighted by Crippen LogP contribution is 2.41. The molecule has 7 heteroatoms. The van der Waals surface area contributed by atoms with Crippen molar-refractivity contribution in [3.05, 3.63) is 4.88 Å². The van der Waals surface area contributed by atoms with E-state index in [2.05, 4.69) is 31.1 Å². The summed E-state index contributed by atoms with van der Waals surface area (Å²) in [5.74, 6) is -0.463. The van der Waals surface area contributed by atoms with Gasteiger partial charge < -0.3 is 21.7 Å². The van der Waals surface area contributed by atoms with Crippen LogP contribution in [0, 0.1) is 0 Å². The second-order valence-electron chi connectivity index (χ2n) is 4.93. The standard InChI is InChI=1S/C13H24N4OS2/c1-8(2)17(3)7-5-6-16-13-11(19-4)9(14)10(20-13)12(15)18/h8,16H,5-7,14H2,1-4H3,(H2,15,18). The molecule has 0 aromatic carbocycles. The molecule has 0 radical (unpaired) electrons. The van der Waals surface area contributed by atoms with Gasteiger partial charge in [0.15, 0.2) is 0 Å². The normalized spacial score (nSPS) is 11.3. The predicted octanol–water partition coefficient (Wildman–Crippen LogP) is 2.29. The molecule has 1 aromatic rings. The molecule has 0 saturated heterocycles. The molecule has 0 aliphatic heterocycles. The van der Waals surface area contributed by atoms with Crippen LogP contribution in [0.5, 0.6) is 0 Å². The van der Waals surface area contributed by atoms with Gasteiger partial charge in [-0.2, -0.15) is 0 Å². The van der Waals surface area contributed by atoms with E-state index in [9.17, 15) is 4.79 Å². The summed E-state index contributed by atoms with van der Waals surface area (Å²) >= 11 is 2.87. The molecule has 20 heavy (non-hydrogen) atoms. The lowest BCUT2D eigenvalue weighted by atomic mass is 10.3. The number of rotatable bonds is 8. The third kappa shape index (κ3) is 4.29. The van der Waals surface area contributed by atoms with Gasteiger partial charge in [-0.3, -0.25) is 4.79 Å². The highest BCUT2D eigenvalue weighted by atomic mass is 32.2. The molecule has 5 nitrogen and oxygen atoms in total. The Labute approximate surface area is 129 Å². The fourth-order valence-electron chi connectivity index (χ4n) is 1.72. The molecular formula is C13H24N4OS2. The Kier molecular flexibility index (Phi) is 6.64. The zero-order valence-electron chi connectivity index (χ0n) is 12.5. The molecule has 5 N–H and O–H groups in total. The van der Waals surface area contributed by atoms with Gasteiger partial charge in [0.05, 0.1) is 10.6 Å². The molecule has 0 atom stereocenters. The minimum atomic E-state index is -0.463. The predicted molar refractivity (Wildman–Crippen MR) is 89.9 cm³/mol. The molecule has 0 fully saturated rings. The number of carbonyl (C=O) groups is 1. The highest BCUT2D eigenvalue weighted by Gasteiger charge is 2.18. The third-order valence-electron chi connectivity index (χ3n) is 3.18. The van der Waals surface area contributed by atoms with Gasteiger partial charge in [-0.25, -0.2) is 0 Å². The number of nitrogens with one attached hydrogen (secondary N) is 1. The molecule has 1 aromatic heterocycles. The van der Waals surface area contributed by atoms with Crippen molar-refractivity contribution >= 4 is 39.7 Å². The molecule has 0 unspecified atom stereocenters. The minimum absolute atomic E-state index is 0.441. The fraction of sp³-hybridized carbons (Fsp3) is 0.615. The highest BCUT2D eigenvalue weighted by molar-refractivity contribution is 7.99. The summed E-state index contributed by atoms with van der Waals surface area (Å²) in [6.07, 6.45) is 2.98. The Balaban J connectivity index is 2.60. The number of nitrogens with two attached hydrogens (primary N) is 2. The van der Waals surface area contributed by atoms with Crippen LogP contribution >= 0.6 is 23.1 Å². The number of amides is 1. The summed E-state index contributed by atoms with van der Waals surface area (Å²) in [6.45, 7) is 6.24. The van der Waals surface area contributed by atoms with Crippen LogP contribution in [0.1, 0.15) is 29.9 Å². The number of hydrogen-bond acceptors (Lipinski definition) is 6. The summed E-state index contributed by atoms with van der Waals surface area (Å²) in [5.41, 5.74) is 11.8. The average molecular weight is 316 g/mol. The van der Waals surface area contributed by atoms with Gasteiger partial charge in [0.2, 0.25) is 0 Å². The van der Waals surface area contributed by atoms with Crippen LogP contribution in [0.2, 0.25) is 0 Å². The zero-order valence-corrected chi connectivity index (χ0v) is 14.2. The second kappa shape index (κ2) is 7.75.